The van der Waals surface area contributed by atoms with Crippen LogP contribution < -0.4 is 22.1 Å². The number of primary amides is 1. The fraction of sp³-hybridized carbons (Fsp3) is 0.450. The molecule has 0 aliphatic carbocycles. The van der Waals surface area contributed by atoms with Crippen molar-refractivity contribution in [3.8, 4) is 0 Å². The first kappa shape index (κ1) is 20.9. The number of nitrogens with zero attached hydrogens (tertiary/aromatic N) is 5. The van der Waals surface area contributed by atoms with Crippen LogP contribution in [0.15, 0.2) is 18.3 Å². The molecular weight excluding hydrogens is 398 g/mol. The van der Waals surface area contributed by atoms with E-state index in [9.17, 15) is 4.79 Å². The van der Waals surface area contributed by atoms with Crippen LogP contribution in [-0.2, 0) is 4.74 Å². The Bertz CT molecular complexity index is 1110. The van der Waals surface area contributed by atoms with E-state index >= 15 is 0 Å². The minimum atomic E-state index is -0.720. The number of ether oxygens (including phenoxy) is 1. The zero-order chi connectivity index (χ0) is 22.1. The van der Waals surface area contributed by atoms with Gasteiger partial charge in [-0.05, 0) is 44.9 Å². The molecule has 11 nitrogen and oxygen atoms in total. The summed E-state index contributed by atoms with van der Waals surface area (Å²) in [5.74, 6) is -0.233. The lowest BCUT2D eigenvalue weighted by Gasteiger charge is -2.29. The lowest BCUT2D eigenvalue weighted by molar-refractivity contribution is 0.0751. The molecule has 0 spiro atoms. The van der Waals surface area contributed by atoms with E-state index in [0.29, 0.717) is 13.2 Å². The van der Waals surface area contributed by atoms with Crippen molar-refractivity contribution in [2.45, 2.75) is 45.3 Å². The number of nitrogens with two attached hydrogens (primary N) is 2. The third kappa shape index (κ3) is 4.42. The van der Waals surface area contributed by atoms with Gasteiger partial charge in [0, 0.05) is 42.0 Å². The Morgan fingerprint density at radius 2 is 2.13 bits per heavy atom. The molecule has 1 aromatic carbocycles. The number of aryl methyl sites for hydroxylation is 1. The molecule has 1 aliphatic heterocycles. The van der Waals surface area contributed by atoms with Gasteiger partial charge in [0.25, 0.3) is 5.91 Å². The minimum Gasteiger partial charge on any atom is -0.380 e. The van der Waals surface area contributed by atoms with E-state index in [4.69, 9.17) is 16.2 Å². The summed E-state index contributed by atoms with van der Waals surface area (Å²) in [7, 11) is 0. The minimum absolute atomic E-state index is 0.0440. The molecule has 0 bridgehead atoms. The Labute approximate surface area is 179 Å². The number of carbonyl (C=O) groups excluding carboxylic acids is 1. The van der Waals surface area contributed by atoms with Crippen LogP contribution in [0.3, 0.4) is 0 Å². The van der Waals surface area contributed by atoms with Crippen LogP contribution >= 0.6 is 0 Å². The maximum Gasteiger partial charge on any atom is 0.273 e. The van der Waals surface area contributed by atoms with Gasteiger partial charge in [-0.2, -0.15) is 10.1 Å². The van der Waals surface area contributed by atoms with Crippen molar-refractivity contribution >= 4 is 34.3 Å². The van der Waals surface area contributed by atoms with Crippen molar-refractivity contribution in [2.75, 3.05) is 23.8 Å². The van der Waals surface area contributed by atoms with Crippen LogP contribution in [0.2, 0.25) is 0 Å². The summed E-state index contributed by atoms with van der Waals surface area (Å²) in [6.45, 7) is 7.19. The Hall–Kier alpha value is -3.31. The van der Waals surface area contributed by atoms with E-state index in [1.165, 1.54) is 0 Å². The number of fused-ring (bicyclic) bond motifs is 1. The maximum absolute atomic E-state index is 11.9. The Morgan fingerprint density at radius 3 is 2.84 bits per heavy atom. The first-order valence-corrected chi connectivity index (χ1v) is 10.2. The van der Waals surface area contributed by atoms with Gasteiger partial charge in [-0.15, -0.1) is 10.2 Å². The molecule has 2 atom stereocenters. The summed E-state index contributed by atoms with van der Waals surface area (Å²) in [6.07, 6.45) is 2.71. The second-order valence-corrected chi connectivity index (χ2v) is 8.03. The molecule has 0 unspecified atom stereocenters. The average Bonchev–Trinajstić information content (AvgIpc) is 3.15. The van der Waals surface area contributed by atoms with Gasteiger partial charge in [0.15, 0.2) is 11.5 Å². The second-order valence-electron chi connectivity index (χ2n) is 8.03. The van der Waals surface area contributed by atoms with Gasteiger partial charge in [0.1, 0.15) is 0 Å². The first-order valence-electron chi connectivity index (χ1n) is 10.2. The number of hydrogen-bond acceptors (Lipinski definition) is 9. The number of aromatic nitrogens is 5. The molecule has 4 rings (SSSR count). The highest BCUT2D eigenvalue weighted by molar-refractivity contribution is 5.96. The topological polar surface area (TPSA) is 159 Å². The molecule has 164 valence electrons. The van der Waals surface area contributed by atoms with E-state index in [1.54, 1.807) is 0 Å². The average molecular weight is 425 g/mol. The lowest BCUT2D eigenvalue weighted by Crippen LogP contribution is -2.48. The van der Waals surface area contributed by atoms with Gasteiger partial charge in [-0.25, -0.2) is 0 Å². The van der Waals surface area contributed by atoms with E-state index in [2.05, 4.69) is 44.8 Å². The van der Waals surface area contributed by atoms with Gasteiger partial charge in [-0.3, -0.25) is 9.48 Å². The second kappa shape index (κ2) is 8.44. The fourth-order valence-corrected chi connectivity index (χ4v) is 3.55. The van der Waals surface area contributed by atoms with Gasteiger partial charge < -0.3 is 26.8 Å². The highest BCUT2D eigenvalue weighted by Crippen LogP contribution is 2.26. The molecule has 31 heavy (non-hydrogen) atoms. The molecule has 0 saturated carbocycles. The molecule has 2 aromatic heterocycles. The monoisotopic (exact) mass is 425 g/mol. The summed E-state index contributed by atoms with van der Waals surface area (Å²) in [5, 5.41) is 19.9. The third-order valence-electron chi connectivity index (χ3n) is 5.24. The number of anilines is 3. The van der Waals surface area contributed by atoms with Crippen LogP contribution in [-0.4, -0.2) is 56.2 Å². The van der Waals surface area contributed by atoms with Crippen LogP contribution in [0, 0.1) is 6.92 Å². The van der Waals surface area contributed by atoms with E-state index in [0.717, 1.165) is 28.6 Å². The van der Waals surface area contributed by atoms with Crippen LogP contribution in [0.4, 0.5) is 17.5 Å². The quantitative estimate of drug-likeness (QED) is 0.459. The zero-order valence-corrected chi connectivity index (χ0v) is 17.8. The van der Waals surface area contributed by atoms with Crippen molar-refractivity contribution in [3.63, 3.8) is 0 Å². The SMILES string of the molecule is Cc1cc(Nc2nc(N[C@@H]3CCOC[C@@H]3N)nnc2C(N)=O)cc2cn(C(C)C)nc12. The van der Waals surface area contributed by atoms with E-state index < -0.39 is 5.91 Å². The highest BCUT2D eigenvalue weighted by atomic mass is 16.5. The van der Waals surface area contributed by atoms with Crippen LogP contribution in [0.5, 0.6) is 0 Å². The number of nitrogens with one attached hydrogen (secondary N) is 2. The summed E-state index contributed by atoms with van der Waals surface area (Å²) < 4.78 is 7.28. The first-order chi connectivity index (χ1) is 14.8. The van der Waals surface area contributed by atoms with Gasteiger partial charge in [0.2, 0.25) is 5.95 Å². The predicted octanol–water partition coefficient (Wildman–Crippen LogP) is 1.48. The molecule has 11 heteroatoms. The fourth-order valence-electron chi connectivity index (χ4n) is 3.55. The van der Waals surface area contributed by atoms with E-state index in [-0.39, 0.29) is 35.6 Å². The summed E-state index contributed by atoms with van der Waals surface area (Å²) in [5.41, 5.74) is 14.2. The van der Waals surface area contributed by atoms with Crippen LogP contribution in [0.25, 0.3) is 10.9 Å². The predicted molar refractivity (Wildman–Crippen MR) is 117 cm³/mol. The summed E-state index contributed by atoms with van der Waals surface area (Å²) in [6, 6.07) is 3.90. The van der Waals surface area contributed by atoms with Gasteiger partial charge >= 0.3 is 0 Å². The molecule has 1 fully saturated rings. The Kier molecular flexibility index (Phi) is 5.70. The van der Waals surface area contributed by atoms with Gasteiger partial charge in [0.05, 0.1) is 12.1 Å². The molecular formula is C20H27N9O2. The summed E-state index contributed by atoms with van der Waals surface area (Å²) in [4.78, 5) is 16.3. The maximum atomic E-state index is 11.9. The number of amides is 1. The Morgan fingerprint density at radius 1 is 1.32 bits per heavy atom. The van der Waals surface area contributed by atoms with Crippen molar-refractivity contribution in [3.05, 3.63) is 29.6 Å². The summed E-state index contributed by atoms with van der Waals surface area (Å²) >= 11 is 0. The van der Waals surface area contributed by atoms with Crippen LogP contribution in [0.1, 0.15) is 42.4 Å². The molecule has 3 aromatic rings. The number of carbonyl (C=O) groups is 1. The highest BCUT2D eigenvalue weighted by Gasteiger charge is 2.24. The van der Waals surface area contributed by atoms with E-state index in [1.807, 2.05) is 29.9 Å². The Balaban J connectivity index is 1.65. The number of hydrogen-bond donors (Lipinski definition) is 4. The van der Waals surface area contributed by atoms with Crippen molar-refractivity contribution in [1.29, 1.82) is 0 Å². The van der Waals surface area contributed by atoms with Crippen molar-refractivity contribution in [2.24, 2.45) is 11.5 Å². The van der Waals surface area contributed by atoms with Crippen molar-refractivity contribution in [1.82, 2.24) is 25.0 Å². The zero-order valence-electron chi connectivity index (χ0n) is 17.8. The third-order valence-corrected chi connectivity index (χ3v) is 5.24. The normalized spacial score (nSPS) is 19.0. The molecule has 1 amide bonds. The number of benzene rings is 1. The number of rotatable bonds is 6. The molecule has 1 aliphatic rings. The van der Waals surface area contributed by atoms with Crippen molar-refractivity contribution < 1.29 is 9.53 Å². The lowest BCUT2D eigenvalue weighted by atomic mass is 10.1. The molecule has 1 saturated heterocycles. The molecule has 6 N–H and O–H groups in total. The van der Waals surface area contributed by atoms with Gasteiger partial charge in [-0.1, -0.05) is 0 Å². The smallest absolute Gasteiger partial charge is 0.273 e. The molecule has 3 heterocycles. The molecule has 0 radical (unpaired) electrons. The standard InChI is InChI=1S/C20H27N9O2/c1-10(2)29-8-12-7-13(6-11(3)16(12)28-29)23-19-17(18(22)30)26-27-20(25-19)24-15-4-5-31-9-14(15)21/h6-8,10,14-15H,4-5,9,21H2,1-3H3,(H2,22,30)(H2,23,24,25,27)/t14-,15+/m0/s1. The largest absolute Gasteiger partial charge is 0.380 e.